The maximum absolute atomic E-state index is 12.9. The highest BCUT2D eigenvalue weighted by Gasteiger charge is 2.46. The fraction of sp³-hybridized carbons (Fsp3) is 1.00. The number of likely N-dealkylation sites (N-methyl/N-ethyl adjacent to an activating group) is 2. The van der Waals surface area contributed by atoms with Crippen LogP contribution in [0.25, 0.3) is 0 Å². The van der Waals surface area contributed by atoms with Crippen molar-refractivity contribution in [1.82, 2.24) is 10.2 Å². The van der Waals surface area contributed by atoms with Crippen LogP contribution < -0.4 is 5.32 Å². The van der Waals surface area contributed by atoms with Gasteiger partial charge in [0.25, 0.3) is 0 Å². The second-order valence-corrected chi connectivity index (χ2v) is 6.03. The highest BCUT2D eigenvalue weighted by molar-refractivity contribution is 4.95. The molecule has 0 aromatic rings. The van der Waals surface area contributed by atoms with E-state index in [-0.39, 0.29) is 26.4 Å². The molecule has 0 unspecified atom stereocenters. The Kier molecular flexibility index (Phi) is 4.77. The molecule has 114 valence electrons. The smallest absolute Gasteiger partial charge is 0.313 e. The normalized spacial score (nSPS) is 33.5. The van der Waals surface area contributed by atoms with Crippen molar-refractivity contribution in [2.75, 3.05) is 13.6 Å². The largest absolute Gasteiger partial charge is 0.391 e. The minimum atomic E-state index is -4.03. The lowest BCUT2D eigenvalue weighted by Crippen LogP contribution is -2.57. The minimum Gasteiger partial charge on any atom is -0.313 e. The summed E-state index contributed by atoms with van der Waals surface area (Å²) in [6, 6.07) is 0.748. The van der Waals surface area contributed by atoms with Crippen LogP contribution in [0, 0.1) is 5.92 Å². The summed E-state index contributed by atoms with van der Waals surface area (Å²) in [5.74, 6) is -1.12. The van der Waals surface area contributed by atoms with E-state index in [0.717, 1.165) is 19.4 Å². The van der Waals surface area contributed by atoms with Gasteiger partial charge in [0.15, 0.2) is 0 Å². The van der Waals surface area contributed by atoms with Gasteiger partial charge in [-0.2, -0.15) is 13.2 Å². The summed E-state index contributed by atoms with van der Waals surface area (Å²) in [7, 11) is 2.01. The summed E-state index contributed by atoms with van der Waals surface area (Å²) in [4.78, 5) is 2.22. The number of hydrogen-bond donors (Lipinski definition) is 1. The van der Waals surface area contributed by atoms with Crippen LogP contribution in [0.3, 0.4) is 0 Å². The fourth-order valence-corrected chi connectivity index (χ4v) is 3.46. The van der Waals surface area contributed by atoms with Crippen molar-refractivity contribution in [3.05, 3.63) is 0 Å². The first-order chi connectivity index (χ1) is 8.93. The topological polar surface area (TPSA) is 15.3 Å². The third kappa shape index (κ3) is 3.43. The zero-order chi connectivity index (χ0) is 14.0. The van der Waals surface area contributed by atoms with Crippen LogP contribution in [0.4, 0.5) is 13.2 Å². The molecular weight excluding hydrogens is 253 g/mol. The van der Waals surface area contributed by atoms with E-state index in [0.29, 0.717) is 12.5 Å². The Balaban J connectivity index is 0.00000200. The van der Waals surface area contributed by atoms with E-state index < -0.39 is 12.1 Å². The SMILES string of the molecule is CCN[C@H]1CC[C@H](C(F)(F)F)C[C@@H]1N(C)C1CCC1.[HH]. The van der Waals surface area contributed by atoms with E-state index >= 15 is 0 Å². The van der Waals surface area contributed by atoms with Gasteiger partial charge < -0.3 is 5.32 Å². The monoisotopic (exact) mass is 280 g/mol. The van der Waals surface area contributed by atoms with Gasteiger partial charge >= 0.3 is 6.18 Å². The molecule has 2 rings (SSSR count). The average molecular weight is 280 g/mol. The molecule has 2 fully saturated rings. The molecule has 19 heavy (non-hydrogen) atoms. The number of nitrogens with one attached hydrogen (secondary N) is 1. The Bertz CT molecular complexity index is 293. The first-order valence-electron chi connectivity index (χ1n) is 7.45. The van der Waals surface area contributed by atoms with Crippen molar-refractivity contribution < 1.29 is 14.6 Å². The highest BCUT2D eigenvalue weighted by Crippen LogP contribution is 2.40. The molecule has 0 heterocycles. The Hall–Kier alpha value is -0.290. The maximum atomic E-state index is 12.9. The summed E-state index contributed by atoms with van der Waals surface area (Å²) in [6.07, 6.45) is 0.640. The number of rotatable bonds is 4. The molecule has 0 spiro atoms. The lowest BCUT2D eigenvalue weighted by molar-refractivity contribution is -0.189. The molecule has 1 N–H and O–H groups in total. The Morgan fingerprint density at radius 2 is 1.89 bits per heavy atom. The zero-order valence-corrected chi connectivity index (χ0v) is 11.8. The molecule has 0 amide bonds. The Labute approximate surface area is 115 Å². The van der Waals surface area contributed by atoms with Crippen molar-refractivity contribution in [2.45, 2.75) is 69.8 Å². The van der Waals surface area contributed by atoms with E-state index in [1.54, 1.807) is 0 Å². The number of halogens is 3. The van der Waals surface area contributed by atoms with Gasteiger partial charge in [-0.1, -0.05) is 13.3 Å². The molecule has 5 heteroatoms. The van der Waals surface area contributed by atoms with Crippen LogP contribution in [0.2, 0.25) is 0 Å². The lowest BCUT2D eigenvalue weighted by atomic mass is 9.79. The van der Waals surface area contributed by atoms with Crippen molar-refractivity contribution >= 4 is 0 Å². The standard InChI is InChI=1S/C14H25F3N2.H2/c1-3-18-12-8-7-10(14(15,16)17)9-13(12)19(2)11-5-4-6-11;/h10-13,18H,3-9H2,1-2H3;1H/t10-,12-,13-;/m0./s1. The van der Waals surface area contributed by atoms with Crippen LogP contribution in [-0.4, -0.2) is 42.8 Å². The predicted octanol–water partition coefficient (Wildman–Crippen LogP) is 3.43. The van der Waals surface area contributed by atoms with E-state index in [9.17, 15) is 13.2 Å². The molecule has 0 aromatic carbocycles. The van der Waals surface area contributed by atoms with Gasteiger partial charge in [0, 0.05) is 19.6 Å². The van der Waals surface area contributed by atoms with Gasteiger partial charge in [-0.05, 0) is 45.7 Å². The van der Waals surface area contributed by atoms with Crippen molar-refractivity contribution in [3.8, 4) is 0 Å². The molecule has 0 radical (unpaired) electrons. The summed E-state index contributed by atoms with van der Waals surface area (Å²) < 4.78 is 38.8. The van der Waals surface area contributed by atoms with Gasteiger partial charge in [-0.25, -0.2) is 0 Å². The summed E-state index contributed by atoms with van der Waals surface area (Å²) in [5.41, 5.74) is 0. The third-order valence-corrected chi connectivity index (χ3v) is 4.92. The first kappa shape index (κ1) is 15.1. The molecule has 2 aliphatic carbocycles. The van der Waals surface area contributed by atoms with Crippen molar-refractivity contribution in [2.24, 2.45) is 5.92 Å². The molecular formula is C14H27F3N2. The molecule has 2 aliphatic rings. The lowest BCUT2D eigenvalue weighted by Gasteiger charge is -2.47. The van der Waals surface area contributed by atoms with Crippen molar-refractivity contribution in [1.29, 1.82) is 0 Å². The summed E-state index contributed by atoms with van der Waals surface area (Å²) in [6.45, 7) is 2.85. The number of nitrogens with zero attached hydrogens (tertiary/aromatic N) is 1. The maximum Gasteiger partial charge on any atom is 0.391 e. The summed E-state index contributed by atoms with van der Waals surface area (Å²) >= 11 is 0. The molecule has 2 saturated carbocycles. The Morgan fingerprint density at radius 3 is 2.37 bits per heavy atom. The highest BCUT2D eigenvalue weighted by atomic mass is 19.4. The predicted molar refractivity (Wildman–Crippen MR) is 72.2 cm³/mol. The fourth-order valence-electron chi connectivity index (χ4n) is 3.46. The van der Waals surface area contributed by atoms with Gasteiger partial charge in [-0.15, -0.1) is 0 Å². The van der Waals surface area contributed by atoms with E-state index in [4.69, 9.17) is 0 Å². The molecule has 3 atom stereocenters. The second-order valence-electron chi connectivity index (χ2n) is 6.03. The molecule has 0 bridgehead atoms. The van der Waals surface area contributed by atoms with Crippen molar-refractivity contribution in [3.63, 3.8) is 0 Å². The minimum absolute atomic E-state index is 0. The van der Waals surface area contributed by atoms with Crippen LogP contribution in [0.1, 0.15) is 46.9 Å². The quantitative estimate of drug-likeness (QED) is 0.849. The Morgan fingerprint density at radius 1 is 1.21 bits per heavy atom. The molecule has 2 nitrogen and oxygen atoms in total. The van der Waals surface area contributed by atoms with Gasteiger partial charge in [0.05, 0.1) is 5.92 Å². The molecule has 0 aliphatic heterocycles. The van der Waals surface area contributed by atoms with E-state index in [1.165, 1.54) is 6.42 Å². The third-order valence-electron chi connectivity index (χ3n) is 4.92. The van der Waals surface area contributed by atoms with Crippen LogP contribution in [-0.2, 0) is 0 Å². The molecule has 0 aromatic heterocycles. The van der Waals surface area contributed by atoms with Gasteiger partial charge in [-0.3, -0.25) is 4.90 Å². The average Bonchev–Trinajstić information content (AvgIpc) is 2.26. The second kappa shape index (κ2) is 6.00. The molecule has 0 saturated heterocycles. The number of hydrogen-bond acceptors (Lipinski definition) is 2. The number of alkyl halides is 3. The van der Waals surface area contributed by atoms with Crippen LogP contribution in [0.5, 0.6) is 0 Å². The summed E-state index contributed by atoms with van der Waals surface area (Å²) in [5, 5.41) is 3.38. The van der Waals surface area contributed by atoms with Crippen LogP contribution >= 0.6 is 0 Å². The van der Waals surface area contributed by atoms with E-state index in [1.807, 2.05) is 14.0 Å². The van der Waals surface area contributed by atoms with Gasteiger partial charge in [0.2, 0.25) is 0 Å². The van der Waals surface area contributed by atoms with E-state index in [2.05, 4.69) is 10.2 Å². The van der Waals surface area contributed by atoms with Gasteiger partial charge in [0.1, 0.15) is 0 Å². The first-order valence-corrected chi connectivity index (χ1v) is 7.45. The zero-order valence-electron chi connectivity index (χ0n) is 11.8. The van der Waals surface area contributed by atoms with Crippen LogP contribution in [0.15, 0.2) is 0 Å².